The van der Waals surface area contributed by atoms with E-state index in [0.717, 1.165) is 27.4 Å². The first-order chi connectivity index (χ1) is 6.74. The van der Waals surface area contributed by atoms with Crippen LogP contribution in [0.25, 0.3) is 0 Å². The van der Waals surface area contributed by atoms with Crippen LogP contribution in [0.2, 0.25) is 0 Å². The van der Waals surface area contributed by atoms with Crippen molar-refractivity contribution in [3.05, 3.63) is 21.1 Å². The SMILES string of the molecule is Cc1nc(CNc2nnc(C)s2)cs1. The Morgan fingerprint density at radius 2 is 2.14 bits per heavy atom. The Morgan fingerprint density at radius 3 is 2.71 bits per heavy atom. The van der Waals surface area contributed by atoms with Gasteiger partial charge in [0.05, 0.1) is 17.2 Å². The first-order valence-electron chi connectivity index (χ1n) is 4.19. The molecule has 0 unspecified atom stereocenters. The van der Waals surface area contributed by atoms with Crippen LogP contribution in [-0.2, 0) is 6.54 Å². The minimum Gasteiger partial charge on any atom is -0.354 e. The second-order valence-electron chi connectivity index (χ2n) is 2.84. The van der Waals surface area contributed by atoms with E-state index in [1.807, 2.05) is 13.8 Å². The third-order valence-electron chi connectivity index (χ3n) is 1.61. The molecular weight excluding hydrogens is 216 g/mol. The van der Waals surface area contributed by atoms with Crippen LogP contribution in [0.3, 0.4) is 0 Å². The molecule has 2 rings (SSSR count). The summed E-state index contributed by atoms with van der Waals surface area (Å²) in [5.41, 5.74) is 1.06. The molecule has 74 valence electrons. The number of thiazole rings is 1. The summed E-state index contributed by atoms with van der Waals surface area (Å²) >= 11 is 3.22. The van der Waals surface area contributed by atoms with Crippen molar-refractivity contribution in [1.82, 2.24) is 15.2 Å². The minimum atomic E-state index is 0.721. The molecule has 4 nitrogen and oxygen atoms in total. The lowest BCUT2D eigenvalue weighted by Crippen LogP contribution is -1.99. The van der Waals surface area contributed by atoms with E-state index >= 15 is 0 Å². The van der Waals surface area contributed by atoms with Crippen molar-refractivity contribution in [2.24, 2.45) is 0 Å². The summed E-state index contributed by atoms with van der Waals surface area (Å²) in [6.45, 7) is 4.66. The summed E-state index contributed by atoms with van der Waals surface area (Å²) in [4.78, 5) is 4.35. The number of rotatable bonds is 3. The largest absolute Gasteiger partial charge is 0.354 e. The Morgan fingerprint density at radius 1 is 1.29 bits per heavy atom. The number of hydrogen-bond acceptors (Lipinski definition) is 6. The fourth-order valence-electron chi connectivity index (χ4n) is 1.02. The minimum absolute atomic E-state index is 0.721. The summed E-state index contributed by atoms with van der Waals surface area (Å²) in [7, 11) is 0. The monoisotopic (exact) mass is 226 g/mol. The first-order valence-corrected chi connectivity index (χ1v) is 5.88. The maximum atomic E-state index is 4.35. The van der Waals surface area contributed by atoms with E-state index in [2.05, 4.69) is 25.9 Å². The fourth-order valence-corrected chi connectivity index (χ4v) is 2.22. The predicted octanol–water partition coefficient (Wildman–Crippen LogP) is 2.22. The zero-order valence-electron chi connectivity index (χ0n) is 7.94. The fraction of sp³-hybridized carbons (Fsp3) is 0.375. The van der Waals surface area contributed by atoms with Crippen molar-refractivity contribution in [2.75, 3.05) is 5.32 Å². The molecule has 6 heteroatoms. The molecule has 0 saturated carbocycles. The second kappa shape index (κ2) is 4.02. The van der Waals surface area contributed by atoms with Gasteiger partial charge in [0.1, 0.15) is 5.01 Å². The lowest BCUT2D eigenvalue weighted by atomic mass is 10.5. The number of aryl methyl sites for hydroxylation is 2. The maximum Gasteiger partial charge on any atom is 0.205 e. The topological polar surface area (TPSA) is 50.7 Å². The molecule has 1 N–H and O–H groups in total. The Labute approximate surface area is 90.0 Å². The maximum absolute atomic E-state index is 4.35. The average molecular weight is 226 g/mol. The Kier molecular flexibility index (Phi) is 2.74. The number of nitrogens with one attached hydrogen (secondary N) is 1. The molecule has 2 heterocycles. The van der Waals surface area contributed by atoms with Crippen LogP contribution in [0, 0.1) is 13.8 Å². The average Bonchev–Trinajstić information content (AvgIpc) is 2.72. The van der Waals surface area contributed by atoms with Crippen molar-refractivity contribution >= 4 is 27.8 Å². The molecule has 0 amide bonds. The van der Waals surface area contributed by atoms with Gasteiger partial charge in [0, 0.05) is 5.38 Å². The van der Waals surface area contributed by atoms with Gasteiger partial charge >= 0.3 is 0 Å². The van der Waals surface area contributed by atoms with Crippen molar-refractivity contribution in [1.29, 1.82) is 0 Å². The van der Waals surface area contributed by atoms with E-state index in [1.54, 1.807) is 22.7 Å². The van der Waals surface area contributed by atoms with Crippen LogP contribution in [0.5, 0.6) is 0 Å². The molecule has 0 radical (unpaired) electrons. The van der Waals surface area contributed by atoms with E-state index < -0.39 is 0 Å². The molecule has 2 aromatic heterocycles. The molecule has 0 spiro atoms. The highest BCUT2D eigenvalue weighted by molar-refractivity contribution is 7.15. The van der Waals surface area contributed by atoms with E-state index in [9.17, 15) is 0 Å². The van der Waals surface area contributed by atoms with Crippen molar-refractivity contribution in [3.8, 4) is 0 Å². The summed E-state index contributed by atoms with van der Waals surface area (Å²) in [6.07, 6.45) is 0. The molecule has 0 aliphatic rings. The van der Waals surface area contributed by atoms with Gasteiger partial charge in [-0.05, 0) is 13.8 Å². The van der Waals surface area contributed by atoms with Gasteiger partial charge < -0.3 is 5.32 Å². The normalized spacial score (nSPS) is 10.4. The van der Waals surface area contributed by atoms with Crippen LogP contribution < -0.4 is 5.32 Å². The Bertz CT molecular complexity index is 380. The van der Waals surface area contributed by atoms with Gasteiger partial charge in [0.25, 0.3) is 0 Å². The number of hydrogen-bond donors (Lipinski definition) is 1. The van der Waals surface area contributed by atoms with Gasteiger partial charge in [-0.15, -0.1) is 21.5 Å². The van der Waals surface area contributed by atoms with Crippen molar-refractivity contribution in [2.45, 2.75) is 20.4 Å². The van der Waals surface area contributed by atoms with Crippen LogP contribution in [0.15, 0.2) is 5.38 Å². The van der Waals surface area contributed by atoms with E-state index in [-0.39, 0.29) is 0 Å². The Balaban J connectivity index is 1.94. The smallest absolute Gasteiger partial charge is 0.205 e. The highest BCUT2D eigenvalue weighted by Gasteiger charge is 2.01. The quantitative estimate of drug-likeness (QED) is 0.872. The molecule has 0 atom stereocenters. The van der Waals surface area contributed by atoms with Crippen LogP contribution >= 0.6 is 22.7 Å². The summed E-state index contributed by atoms with van der Waals surface area (Å²) in [6, 6.07) is 0. The third-order valence-corrected chi connectivity index (χ3v) is 3.23. The highest BCUT2D eigenvalue weighted by Crippen LogP contribution is 2.15. The summed E-state index contributed by atoms with van der Waals surface area (Å²) in [5, 5.41) is 16.1. The molecule has 2 aromatic rings. The summed E-state index contributed by atoms with van der Waals surface area (Å²) in [5.74, 6) is 0. The van der Waals surface area contributed by atoms with Gasteiger partial charge in [-0.3, -0.25) is 0 Å². The predicted molar refractivity (Wildman–Crippen MR) is 58.8 cm³/mol. The molecule has 14 heavy (non-hydrogen) atoms. The molecule has 0 aliphatic carbocycles. The molecular formula is C8H10N4S2. The van der Waals surface area contributed by atoms with E-state index in [1.165, 1.54) is 0 Å². The van der Waals surface area contributed by atoms with Crippen LogP contribution in [0.1, 0.15) is 15.7 Å². The van der Waals surface area contributed by atoms with Gasteiger partial charge in [-0.1, -0.05) is 11.3 Å². The lowest BCUT2D eigenvalue weighted by molar-refractivity contribution is 1.00. The van der Waals surface area contributed by atoms with E-state index in [4.69, 9.17) is 0 Å². The van der Waals surface area contributed by atoms with Gasteiger partial charge in [-0.25, -0.2) is 4.98 Å². The molecule has 0 bridgehead atoms. The molecule has 0 fully saturated rings. The first kappa shape index (κ1) is 9.54. The Hall–Kier alpha value is -1.01. The zero-order chi connectivity index (χ0) is 9.97. The van der Waals surface area contributed by atoms with Crippen molar-refractivity contribution < 1.29 is 0 Å². The lowest BCUT2D eigenvalue weighted by Gasteiger charge is -1.96. The van der Waals surface area contributed by atoms with Gasteiger partial charge in [-0.2, -0.15) is 0 Å². The molecule has 0 aromatic carbocycles. The number of anilines is 1. The number of aromatic nitrogens is 3. The van der Waals surface area contributed by atoms with Crippen molar-refractivity contribution in [3.63, 3.8) is 0 Å². The molecule has 0 aliphatic heterocycles. The zero-order valence-corrected chi connectivity index (χ0v) is 9.58. The second-order valence-corrected chi connectivity index (χ2v) is 5.08. The third kappa shape index (κ3) is 2.27. The number of nitrogens with zero attached hydrogens (tertiary/aromatic N) is 3. The van der Waals surface area contributed by atoms with Crippen LogP contribution in [-0.4, -0.2) is 15.2 Å². The van der Waals surface area contributed by atoms with Gasteiger partial charge in [0.15, 0.2) is 0 Å². The summed E-state index contributed by atoms with van der Waals surface area (Å²) < 4.78 is 0. The van der Waals surface area contributed by atoms with Crippen LogP contribution in [0.4, 0.5) is 5.13 Å². The van der Waals surface area contributed by atoms with Gasteiger partial charge in [0.2, 0.25) is 5.13 Å². The highest BCUT2D eigenvalue weighted by atomic mass is 32.1. The molecule has 0 saturated heterocycles. The van der Waals surface area contributed by atoms with E-state index in [0.29, 0.717) is 0 Å². The standard InChI is InChI=1S/C8H10N4S2/c1-5-10-7(4-13-5)3-9-8-12-11-6(2)14-8/h4H,3H2,1-2H3,(H,9,12).